The first-order chi connectivity index (χ1) is 10.2. The molecule has 21 heavy (non-hydrogen) atoms. The summed E-state index contributed by atoms with van der Waals surface area (Å²) in [6, 6.07) is 2.15. The second kappa shape index (κ2) is 5.75. The standard InChI is InChI=1S/C14H21N5O2/c1-10-9-11(10)16-14(20)19-7-5-18(6-8-19)13-15-4-3-12(17-13)21-2/h3-4,10-11H,5-9H2,1-2H3,(H,16,20)/t10-,11-/m1/s1. The van der Waals surface area contributed by atoms with Gasteiger partial charge in [-0.3, -0.25) is 0 Å². The zero-order chi connectivity index (χ0) is 14.8. The van der Waals surface area contributed by atoms with Crippen molar-refractivity contribution in [3.8, 4) is 5.88 Å². The fourth-order valence-corrected chi connectivity index (χ4v) is 2.48. The van der Waals surface area contributed by atoms with E-state index in [0.29, 0.717) is 36.9 Å². The molecule has 0 aromatic carbocycles. The summed E-state index contributed by atoms with van der Waals surface area (Å²) >= 11 is 0. The van der Waals surface area contributed by atoms with Crippen LogP contribution in [0.2, 0.25) is 0 Å². The molecule has 3 rings (SSSR count). The number of methoxy groups -OCH3 is 1. The van der Waals surface area contributed by atoms with E-state index in [1.807, 2.05) is 4.90 Å². The van der Waals surface area contributed by atoms with Crippen LogP contribution in [0.4, 0.5) is 10.7 Å². The highest BCUT2D eigenvalue weighted by atomic mass is 16.5. The molecule has 7 heteroatoms. The number of nitrogens with one attached hydrogen (secondary N) is 1. The smallest absolute Gasteiger partial charge is 0.317 e. The molecule has 1 saturated carbocycles. The van der Waals surface area contributed by atoms with E-state index < -0.39 is 0 Å². The molecule has 2 fully saturated rings. The lowest BCUT2D eigenvalue weighted by Crippen LogP contribution is -2.52. The van der Waals surface area contributed by atoms with Crippen molar-refractivity contribution in [1.29, 1.82) is 0 Å². The van der Waals surface area contributed by atoms with Crippen LogP contribution in [0.3, 0.4) is 0 Å². The maximum Gasteiger partial charge on any atom is 0.317 e. The predicted octanol–water partition coefficient (Wildman–Crippen LogP) is 0.725. The number of ether oxygens (including phenoxy) is 1. The second-order valence-corrected chi connectivity index (χ2v) is 5.64. The number of aromatic nitrogens is 2. The molecule has 1 saturated heterocycles. The average molecular weight is 291 g/mol. The highest BCUT2D eigenvalue weighted by Crippen LogP contribution is 2.29. The van der Waals surface area contributed by atoms with E-state index in [0.717, 1.165) is 19.5 Å². The van der Waals surface area contributed by atoms with E-state index in [4.69, 9.17) is 4.74 Å². The van der Waals surface area contributed by atoms with Crippen molar-refractivity contribution < 1.29 is 9.53 Å². The van der Waals surface area contributed by atoms with Gasteiger partial charge in [0.2, 0.25) is 11.8 Å². The second-order valence-electron chi connectivity index (χ2n) is 5.64. The van der Waals surface area contributed by atoms with Crippen LogP contribution in [0.25, 0.3) is 0 Å². The van der Waals surface area contributed by atoms with Gasteiger partial charge < -0.3 is 19.9 Å². The lowest BCUT2D eigenvalue weighted by molar-refractivity contribution is 0.193. The Labute approximate surface area is 124 Å². The molecule has 0 spiro atoms. The average Bonchev–Trinajstić information content (AvgIpc) is 3.22. The Morgan fingerprint density at radius 2 is 2.10 bits per heavy atom. The summed E-state index contributed by atoms with van der Waals surface area (Å²) in [5.74, 6) is 1.84. The van der Waals surface area contributed by atoms with Gasteiger partial charge >= 0.3 is 6.03 Å². The summed E-state index contributed by atoms with van der Waals surface area (Å²) in [6.45, 7) is 5.01. The number of carbonyl (C=O) groups is 1. The van der Waals surface area contributed by atoms with E-state index >= 15 is 0 Å². The molecule has 7 nitrogen and oxygen atoms in total. The van der Waals surface area contributed by atoms with Crippen molar-refractivity contribution in [2.24, 2.45) is 5.92 Å². The van der Waals surface area contributed by atoms with E-state index in [9.17, 15) is 4.79 Å². The molecule has 2 heterocycles. The lowest BCUT2D eigenvalue weighted by Gasteiger charge is -2.34. The largest absolute Gasteiger partial charge is 0.481 e. The first-order valence-corrected chi connectivity index (χ1v) is 7.35. The molecule has 114 valence electrons. The molecule has 2 atom stereocenters. The molecule has 1 aromatic heterocycles. The quantitative estimate of drug-likeness (QED) is 0.889. The third-order valence-corrected chi connectivity index (χ3v) is 4.09. The minimum Gasteiger partial charge on any atom is -0.481 e. The number of nitrogens with zero attached hydrogens (tertiary/aromatic N) is 4. The third-order valence-electron chi connectivity index (χ3n) is 4.09. The summed E-state index contributed by atoms with van der Waals surface area (Å²) in [7, 11) is 1.59. The minimum absolute atomic E-state index is 0.0514. The number of carbonyl (C=O) groups excluding carboxylic acids is 1. The maximum absolute atomic E-state index is 12.1. The molecule has 0 radical (unpaired) electrons. The zero-order valence-corrected chi connectivity index (χ0v) is 12.5. The van der Waals surface area contributed by atoms with Crippen molar-refractivity contribution >= 4 is 12.0 Å². The van der Waals surface area contributed by atoms with Crippen molar-refractivity contribution in [1.82, 2.24) is 20.2 Å². The molecular formula is C14H21N5O2. The van der Waals surface area contributed by atoms with Gasteiger partial charge in [-0.25, -0.2) is 9.78 Å². The molecule has 1 N–H and O–H groups in total. The molecular weight excluding hydrogens is 270 g/mol. The van der Waals surface area contributed by atoms with Crippen LogP contribution < -0.4 is 15.0 Å². The van der Waals surface area contributed by atoms with Crippen LogP contribution in [0.5, 0.6) is 5.88 Å². The van der Waals surface area contributed by atoms with Gasteiger partial charge in [-0.1, -0.05) is 6.92 Å². The fourth-order valence-electron chi connectivity index (χ4n) is 2.48. The first-order valence-electron chi connectivity index (χ1n) is 7.35. The van der Waals surface area contributed by atoms with Crippen LogP contribution in [0.1, 0.15) is 13.3 Å². The molecule has 0 unspecified atom stereocenters. The summed E-state index contributed by atoms with van der Waals surface area (Å²) in [5.41, 5.74) is 0. The lowest BCUT2D eigenvalue weighted by atomic mass is 10.3. The van der Waals surface area contributed by atoms with Gasteiger partial charge in [0, 0.05) is 44.5 Å². The van der Waals surface area contributed by atoms with Crippen LogP contribution in [-0.4, -0.2) is 60.2 Å². The summed E-state index contributed by atoms with van der Waals surface area (Å²) in [6.07, 6.45) is 2.79. The topological polar surface area (TPSA) is 70.6 Å². The summed E-state index contributed by atoms with van der Waals surface area (Å²) < 4.78 is 5.11. The molecule has 2 aliphatic rings. The molecule has 2 amide bonds. The van der Waals surface area contributed by atoms with Crippen molar-refractivity contribution in [2.75, 3.05) is 38.2 Å². The highest BCUT2D eigenvalue weighted by Gasteiger charge is 2.35. The maximum atomic E-state index is 12.1. The van der Waals surface area contributed by atoms with E-state index in [1.54, 1.807) is 19.4 Å². The van der Waals surface area contributed by atoms with Crippen LogP contribution in [0.15, 0.2) is 12.3 Å². The predicted molar refractivity (Wildman–Crippen MR) is 78.5 cm³/mol. The van der Waals surface area contributed by atoms with Gasteiger partial charge in [0.1, 0.15) is 0 Å². The Bertz CT molecular complexity index is 516. The summed E-state index contributed by atoms with van der Waals surface area (Å²) in [4.78, 5) is 24.6. The monoisotopic (exact) mass is 291 g/mol. The number of amides is 2. The first kappa shape index (κ1) is 13.9. The minimum atomic E-state index is 0.0514. The van der Waals surface area contributed by atoms with Crippen molar-refractivity contribution in [2.45, 2.75) is 19.4 Å². The van der Waals surface area contributed by atoms with Gasteiger partial charge in [0.15, 0.2) is 0 Å². The Hall–Kier alpha value is -2.05. The van der Waals surface area contributed by atoms with E-state index in [-0.39, 0.29) is 6.03 Å². The molecule has 1 aromatic rings. The molecule has 1 aliphatic heterocycles. The van der Waals surface area contributed by atoms with Crippen LogP contribution in [0, 0.1) is 5.92 Å². The number of hydrogen-bond donors (Lipinski definition) is 1. The van der Waals surface area contributed by atoms with Gasteiger partial charge in [0.05, 0.1) is 7.11 Å². The number of hydrogen-bond acceptors (Lipinski definition) is 5. The Kier molecular flexibility index (Phi) is 3.81. The Balaban J connectivity index is 1.53. The van der Waals surface area contributed by atoms with Gasteiger partial charge in [0.25, 0.3) is 0 Å². The number of piperazine rings is 1. The third kappa shape index (κ3) is 3.17. The Morgan fingerprint density at radius 3 is 2.71 bits per heavy atom. The number of rotatable bonds is 3. The van der Waals surface area contributed by atoms with Crippen LogP contribution >= 0.6 is 0 Å². The SMILES string of the molecule is COc1ccnc(N2CCN(C(=O)N[C@@H]3C[C@H]3C)CC2)n1. The fraction of sp³-hybridized carbons (Fsp3) is 0.643. The van der Waals surface area contributed by atoms with E-state index in [2.05, 4.69) is 27.1 Å². The van der Waals surface area contributed by atoms with Crippen molar-refractivity contribution in [3.63, 3.8) is 0 Å². The molecule has 0 bridgehead atoms. The van der Waals surface area contributed by atoms with Crippen molar-refractivity contribution in [3.05, 3.63) is 12.3 Å². The normalized spacial score (nSPS) is 24.7. The van der Waals surface area contributed by atoms with Gasteiger partial charge in [-0.2, -0.15) is 4.98 Å². The number of anilines is 1. The van der Waals surface area contributed by atoms with Gasteiger partial charge in [-0.15, -0.1) is 0 Å². The van der Waals surface area contributed by atoms with Crippen LogP contribution in [-0.2, 0) is 0 Å². The number of urea groups is 1. The van der Waals surface area contributed by atoms with E-state index in [1.165, 1.54) is 0 Å². The summed E-state index contributed by atoms with van der Waals surface area (Å²) in [5, 5.41) is 3.06. The van der Waals surface area contributed by atoms with Gasteiger partial charge in [-0.05, 0) is 12.3 Å². The zero-order valence-electron chi connectivity index (χ0n) is 12.5. The molecule has 1 aliphatic carbocycles. The highest BCUT2D eigenvalue weighted by molar-refractivity contribution is 5.75. The Morgan fingerprint density at radius 1 is 1.38 bits per heavy atom.